The lowest BCUT2D eigenvalue weighted by Crippen LogP contribution is -2.28. The van der Waals surface area contributed by atoms with E-state index in [4.69, 9.17) is 5.73 Å². The lowest BCUT2D eigenvalue weighted by atomic mass is 9.95. The number of pyridine rings is 1. The van der Waals surface area contributed by atoms with Gasteiger partial charge in [-0.05, 0) is 29.0 Å². The SMILES string of the molecule is CC(C)Cn1c(CN)c(-c2ccccc2)c2cc(-c3n[nH]c(C(F)(F)F)n3)ccc2c1=O. The molecular formula is C23H22F3N5O. The third kappa shape index (κ3) is 3.91. The molecule has 2 aromatic heterocycles. The van der Waals surface area contributed by atoms with Crippen molar-refractivity contribution in [1.29, 1.82) is 0 Å². The van der Waals surface area contributed by atoms with Crippen LogP contribution in [-0.4, -0.2) is 19.7 Å². The summed E-state index contributed by atoms with van der Waals surface area (Å²) < 4.78 is 40.6. The molecule has 0 unspecified atom stereocenters. The Morgan fingerprint density at radius 1 is 1.06 bits per heavy atom. The second kappa shape index (κ2) is 8.23. The number of H-pyrrole nitrogens is 1. The molecule has 4 rings (SSSR count). The van der Waals surface area contributed by atoms with Gasteiger partial charge in [0.05, 0.1) is 0 Å². The zero-order valence-corrected chi connectivity index (χ0v) is 17.6. The third-order valence-corrected chi connectivity index (χ3v) is 5.19. The summed E-state index contributed by atoms with van der Waals surface area (Å²) in [7, 11) is 0. The fourth-order valence-corrected chi connectivity index (χ4v) is 3.85. The number of nitrogens with zero attached hydrogens (tertiary/aromatic N) is 3. The molecule has 3 N–H and O–H groups in total. The highest BCUT2D eigenvalue weighted by Gasteiger charge is 2.35. The average molecular weight is 441 g/mol. The molecule has 2 heterocycles. The molecule has 0 atom stereocenters. The fraction of sp³-hybridized carbons (Fsp3) is 0.261. The first-order valence-corrected chi connectivity index (χ1v) is 10.2. The van der Waals surface area contributed by atoms with Gasteiger partial charge in [0.15, 0.2) is 5.82 Å². The standard InChI is InChI=1S/C23H22F3N5O/c1-13(2)12-31-18(11-27)19(14-6-4-3-5-7-14)17-10-15(8-9-16(17)21(31)32)20-28-22(30-29-20)23(24,25)26/h3-10,13H,11-12,27H2,1-2H3,(H,28,29,30). The first-order valence-electron chi connectivity index (χ1n) is 10.2. The van der Waals surface area contributed by atoms with Crippen LogP contribution < -0.4 is 11.3 Å². The van der Waals surface area contributed by atoms with Crippen molar-refractivity contribution in [3.8, 4) is 22.5 Å². The third-order valence-electron chi connectivity index (χ3n) is 5.19. The molecule has 0 radical (unpaired) electrons. The summed E-state index contributed by atoms with van der Waals surface area (Å²) in [5.74, 6) is -1.06. The monoisotopic (exact) mass is 441 g/mol. The van der Waals surface area contributed by atoms with E-state index in [-0.39, 0.29) is 23.8 Å². The van der Waals surface area contributed by atoms with Gasteiger partial charge in [0.1, 0.15) is 0 Å². The van der Waals surface area contributed by atoms with Crippen LogP contribution in [0.5, 0.6) is 0 Å². The smallest absolute Gasteiger partial charge is 0.325 e. The quantitative estimate of drug-likeness (QED) is 0.474. The summed E-state index contributed by atoms with van der Waals surface area (Å²) in [6, 6.07) is 14.3. The molecule has 6 nitrogen and oxygen atoms in total. The van der Waals surface area contributed by atoms with Gasteiger partial charge < -0.3 is 10.3 Å². The lowest BCUT2D eigenvalue weighted by molar-refractivity contribution is -0.144. The van der Waals surface area contributed by atoms with E-state index in [1.54, 1.807) is 22.8 Å². The maximum atomic E-state index is 13.3. The normalized spacial score (nSPS) is 12.1. The zero-order valence-electron chi connectivity index (χ0n) is 17.6. The number of halogens is 3. The topological polar surface area (TPSA) is 89.6 Å². The molecule has 32 heavy (non-hydrogen) atoms. The molecule has 166 valence electrons. The number of nitrogens with two attached hydrogens (primary N) is 1. The molecule has 0 saturated carbocycles. The highest BCUT2D eigenvalue weighted by atomic mass is 19.4. The van der Waals surface area contributed by atoms with Gasteiger partial charge in [0, 0.05) is 35.3 Å². The van der Waals surface area contributed by atoms with Gasteiger partial charge in [-0.15, -0.1) is 0 Å². The first-order chi connectivity index (χ1) is 15.2. The second-order valence-corrected chi connectivity index (χ2v) is 7.97. The minimum Gasteiger partial charge on any atom is -0.325 e. The van der Waals surface area contributed by atoms with Crippen LogP contribution in [0.25, 0.3) is 33.3 Å². The van der Waals surface area contributed by atoms with E-state index >= 15 is 0 Å². The molecular weight excluding hydrogens is 419 g/mol. The maximum absolute atomic E-state index is 13.3. The van der Waals surface area contributed by atoms with Crippen LogP contribution in [0.4, 0.5) is 13.2 Å². The van der Waals surface area contributed by atoms with Crippen molar-refractivity contribution in [3.05, 3.63) is 70.4 Å². The van der Waals surface area contributed by atoms with E-state index in [9.17, 15) is 18.0 Å². The van der Waals surface area contributed by atoms with Crippen molar-refractivity contribution in [2.24, 2.45) is 11.7 Å². The number of hydrogen-bond acceptors (Lipinski definition) is 4. The van der Waals surface area contributed by atoms with Gasteiger partial charge in [-0.3, -0.25) is 9.89 Å². The largest absolute Gasteiger partial charge is 0.451 e. The molecule has 2 aromatic carbocycles. The number of hydrogen-bond donors (Lipinski definition) is 2. The number of rotatable bonds is 5. The first kappa shape index (κ1) is 21.8. The summed E-state index contributed by atoms with van der Waals surface area (Å²) in [4.78, 5) is 16.9. The Labute approximate surface area is 181 Å². The summed E-state index contributed by atoms with van der Waals surface area (Å²) in [6.07, 6.45) is -4.63. The van der Waals surface area contributed by atoms with Crippen LogP contribution in [0.15, 0.2) is 53.3 Å². The number of alkyl halides is 3. The van der Waals surface area contributed by atoms with Crippen molar-refractivity contribution in [2.75, 3.05) is 0 Å². The minimum atomic E-state index is -4.63. The maximum Gasteiger partial charge on any atom is 0.451 e. The Kier molecular flexibility index (Phi) is 5.60. The van der Waals surface area contributed by atoms with Gasteiger partial charge in [-0.25, -0.2) is 4.98 Å². The summed E-state index contributed by atoms with van der Waals surface area (Å²) in [6.45, 7) is 4.66. The molecule has 0 spiro atoms. The van der Waals surface area contributed by atoms with Crippen molar-refractivity contribution in [3.63, 3.8) is 0 Å². The van der Waals surface area contributed by atoms with Crippen LogP contribution in [0.2, 0.25) is 0 Å². The summed E-state index contributed by atoms with van der Waals surface area (Å²) in [5.41, 5.74) is 8.59. The summed E-state index contributed by atoms with van der Waals surface area (Å²) >= 11 is 0. The Hall–Kier alpha value is -3.46. The molecule has 0 aliphatic heterocycles. The minimum absolute atomic E-state index is 0.0982. The molecule has 0 amide bonds. The van der Waals surface area contributed by atoms with Crippen molar-refractivity contribution < 1.29 is 13.2 Å². The van der Waals surface area contributed by atoms with E-state index in [0.717, 1.165) is 11.1 Å². The second-order valence-electron chi connectivity index (χ2n) is 7.97. The van der Waals surface area contributed by atoms with Crippen LogP contribution in [0, 0.1) is 5.92 Å². The van der Waals surface area contributed by atoms with Crippen molar-refractivity contribution in [1.82, 2.24) is 19.7 Å². The van der Waals surface area contributed by atoms with E-state index in [0.29, 0.717) is 28.6 Å². The average Bonchev–Trinajstić information content (AvgIpc) is 3.26. The molecule has 0 fully saturated rings. The molecule has 9 heteroatoms. The Morgan fingerprint density at radius 3 is 2.38 bits per heavy atom. The molecule has 0 aliphatic rings. The Balaban J connectivity index is 2.03. The van der Waals surface area contributed by atoms with Gasteiger partial charge >= 0.3 is 6.18 Å². The molecule has 0 bridgehead atoms. The van der Waals surface area contributed by atoms with Gasteiger partial charge in [-0.1, -0.05) is 50.2 Å². The molecule has 4 aromatic rings. The van der Waals surface area contributed by atoms with Crippen LogP contribution >= 0.6 is 0 Å². The van der Waals surface area contributed by atoms with Crippen LogP contribution in [0.1, 0.15) is 25.4 Å². The number of fused-ring (bicyclic) bond motifs is 1. The lowest BCUT2D eigenvalue weighted by Gasteiger charge is -2.21. The fourth-order valence-electron chi connectivity index (χ4n) is 3.85. The zero-order chi connectivity index (χ0) is 23.0. The van der Waals surface area contributed by atoms with Crippen LogP contribution in [0.3, 0.4) is 0 Å². The van der Waals surface area contributed by atoms with Gasteiger partial charge in [-0.2, -0.15) is 18.3 Å². The number of nitrogens with one attached hydrogen (secondary N) is 1. The number of benzene rings is 2. The highest BCUT2D eigenvalue weighted by Crippen LogP contribution is 2.34. The Bertz CT molecular complexity index is 1320. The predicted octanol–water partition coefficient (Wildman–Crippen LogP) is 4.59. The van der Waals surface area contributed by atoms with E-state index < -0.39 is 12.0 Å². The van der Waals surface area contributed by atoms with Gasteiger partial charge in [0.2, 0.25) is 5.82 Å². The molecule has 0 saturated heterocycles. The summed E-state index contributed by atoms with van der Waals surface area (Å²) in [5, 5.41) is 6.70. The highest BCUT2D eigenvalue weighted by molar-refractivity contribution is 5.99. The van der Waals surface area contributed by atoms with Crippen molar-refractivity contribution >= 4 is 10.8 Å². The van der Waals surface area contributed by atoms with E-state index in [1.165, 1.54) is 0 Å². The van der Waals surface area contributed by atoms with Gasteiger partial charge in [0.25, 0.3) is 5.56 Å². The molecule has 0 aliphatic carbocycles. The Morgan fingerprint density at radius 2 is 1.78 bits per heavy atom. The predicted molar refractivity (Wildman–Crippen MR) is 117 cm³/mol. The van der Waals surface area contributed by atoms with Crippen LogP contribution in [-0.2, 0) is 19.3 Å². The van der Waals surface area contributed by atoms with E-state index in [1.807, 2.05) is 49.3 Å². The number of aromatic nitrogens is 4. The van der Waals surface area contributed by atoms with Crippen molar-refractivity contribution in [2.45, 2.75) is 33.1 Å². The number of aromatic amines is 1. The van der Waals surface area contributed by atoms with E-state index in [2.05, 4.69) is 10.1 Å².